The lowest BCUT2D eigenvalue weighted by atomic mass is 10.1. The maximum Gasteiger partial charge on any atom is 0.267 e. The van der Waals surface area contributed by atoms with E-state index in [4.69, 9.17) is 0 Å². The third kappa shape index (κ3) is 3.75. The number of rotatable bonds is 5. The van der Waals surface area contributed by atoms with Gasteiger partial charge in [-0.15, -0.1) is 0 Å². The second-order valence-corrected chi connectivity index (χ2v) is 6.90. The molecule has 0 atom stereocenters. The van der Waals surface area contributed by atoms with Crippen molar-refractivity contribution in [1.82, 2.24) is 14.8 Å². The summed E-state index contributed by atoms with van der Waals surface area (Å²) < 4.78 is 1.65. The fourth-order valence-corrected chi connectivity index (χ4v) is 3.21. The van der Waals surface area contributed by atoms with Crippen LogP contribution in [0, 0.1) is 25.2 Å². The quantitative estimate of drug-likeness (QED) is 0.621. The molecule has 27 heavy (non-hydrogen) atoms. The molecule has 0 aliphatic rings. The number of hydrogen-bond donors (Lipinski definition) is 3. The smallest absolute Gasteiger partial charge is 0.267 e. The maximum absolute atomic E-state index is 12.5. The van der Waals surface area contributed by atoms with Crippen molar-refractivity contribution in [3.63, 3.8) is 0 Å². The first kappa shape index (κ1) is 18.4. The van der Waals surface area contributed by atoms with E-state index in [0.29, 0.717) is 39.2 Å². The van der Waals surface area contributed by atoms with E-state index in [1.165, 1.54) is 6.20 Å². The van der Waals surface area contributed by atoms with Crippen LogP contribution in [0.1, 0.15) is 33.3 Å². The van der Waals surface area contributed by atoms with Gasteiger partial charge in [-0.05, 0) is 32.4 Å². The lowest BCUT2D eigenvalue weighted by Gasteiger charge is -2.11. The SMILES string of the molecule is CCn1cc(C#N)c(Nc2ncc(C(=O)Nc3c(C)ccc(O)c3C)s2)n1. The van der Waals surface area contributed by atoms with E-state index in [1.807, 2.05) is 13.8 Å². The first-order valence-electron chi connectivity index (χ1n) is 8.23. The van der Waals surface area contributed by atoms with Crippen LogP contribution in [0.25, 0.3) is 0 Å². The van der Waals surface area contributed by atoms with Crippen molar-refractivity contribution >= 4 is 33.9 Å². The zero-order valence-electron chi connectivity index (χ0n) is 15.1. The summed E-state index contributed by atoms with van der Waals surface area (Å²) in [7, 11) is 0. The Bertz CT molecular complexity index is 1050. The number of phenols is 1. The highest BCUT2D eigenvalue weighted by molar-refractivity contribution is 7.17. The van der Waals surface area contributed by atoms with Crippen LogP contribution in [0.2, 0.25) is 0 Å². The van der Waals surface area contributed by atoms with Crippen LogP contribution in [-0.4, -0.2) is 25.8 Å². The maximum atomic E-state index is 12.5. The fourth-order valence-electron chi connectivity index (χ4n) is 2.50. The van der Waals surface area contributed by atoms with E-state index < -0.39 is 0 Å². The molecule has 1 amide bonds. The molecule has 3 rings (SSSR count). The Morgan fingerprint density at radius 1 is 1.41 bits per heavy atom. The molecule has 138 valence electrons. The molecule has 0 saturated carbocycles. The number of anilines is 3. The number of nitrogens with zero attached hydrogens (tertiary/aromatic N) is 4. The molecule has 2 aromatic heterocycles. The monoisotopic (exact) mass is 382 g/mol. The van der Waals surface area contributed by atoms with Crippen LogP contribution < -0.4 is 10.6 Å². The zero-order valence-corrected chi connectivity index (χ0v) is 15.9. The van der Waals surface area contributed by atoms with Crippen molar-refractivity contribution in [2.45, 2.75) is 27.3 Å². The molecule has 0 unspecified atom stereocenters. The van der Waals surface area contributed by atoms with Crippen molar-refractivity contribution in [2.24, 2.45) is 0 Å². The number of hydrogen-bond acceptors (Lipinski definition) is 7. The number of aryl methyl sites for hydroxylation is 2. The topological polar surface area (TPSA) is 116 Å². The van der Waals surface area contributed by atoms with E-state index in [2.05, 4.69) is 26.8 Å². The summed E-state index contributed by atoms with van der Waals surface area (Å²) in [5, 5.41) is 29.6. The van der Waals surface area contributed by atoms with E-state index in [1.54, 1.807) is 29.9 Å². The Morgan fingerprint density at radius 2 is 2.19 bits per heavy atom. The third-order valence-corrected chi connectivity index (χ3v) is 4.96. The molecule has 0 spiro atoms. The average Bonchev–Trinajstić information content (AvgIpc) is 3.29. The predicted molar refractivity (Wildman–Crippen MR) is 104 cm³/mol. The minimum absolute atomic E-state index is 0.123. The number of benzene rings is 1. The second-order valence-electron chi connectivity index (χ2n) is 5.87. The molecule has 0 saturated heterocycles. The Balaban J connectivity index is 1.78. The predicted octanol–water partition coefficient (Wildman–Crippen LogP) is 3.55. The summed E-state index contributed by atoms with van der Waals surface area (Å²) in [6, 6.07) is 5.41. The zero-order chi connectivity index (χ0) is 19.6. The lowest BCUT2D eigenvalue weighted by molar-refractivity contribution is 0.103. The van der Waals surface area contributed by atoms with Crippen molar-refractivity contribution in [3.05, 3.63) is 46.1 Å². The van der Waals surface area contributed by atoms with Crippen LogP contribution >= 0.6 is 11.3 Å². The standard InChI is InChI=1S/C18H18N6O2S/c1-4-24-9-12(7-19)16(23-24)22-18-20-8-14(27-18)17(26)21-15-10(2)5-6-13(25)11(15)3/h5-6,8-9,25H,4H2,1-3H3,(H,21,26)(H,20,22,23). The molecule has 0 aliphatic carbocycles. The Morgan fingerprint density at radius 3 is 2.89 bits per heavy atom. The average molecular weight is 382 g/mol. The molecule has 3 N–H and O–H groups in total. The summed E-state index contributed by atoms with van der Waals surface area (Å²) in [6.45, 7) is 6.17. The van der Waals surface area contributed by atoms with Crippen molar-refractivity contribution in [2.75, 3.05) is 10.6 Å². The number of nitriles is 1. The highest BCUT2D eigenvalue weighted by Crippen LogP contribution is 2.29. The van der Waals surface area contributed by atoms with E-state index >= 15 is 0 Å². The van der Waals surface area contributed by atoms with Gasteiger partial charge >= 0.3 is 0 Å². The van der Waals surface area contributed by atoms with Crippen LogP contribution in [-0.2, 0) is 6.54 Å². The first-order chi connectivity index (χ1) is 12.9. The Kier molecular flexibility index (Phi) is 5.09. The molecule has 0 bridgehead atoms. The van der Waals surface area contributed by atoms with Crippen LogP contribution in [0.4, 0.5) is 16.6 Å². The minimum atomic E-state index is -0.322. The minimum Gasteiger partial charge on any atom is -0.508 e. The van der Waals surface area contributed by atoms with Gasteiger partial charge in [0.25, 0.3) is 5.91 Å². The van der Waals surface area contributed by atoms with Gasteiger partial charge in [0.1, 0.15) is 22.3 Å². The first-order valence-corrected chi connectivity index (χ1v) is 9.05. The van der Waals surface area contributed by atoms with Crippen LogP contribution in [0.5, 0.6) is 5.75 Å². The number of aromatic nitrogens is 3. The fraction of sp³-hybridized carbons (Fsp3) is 0.222. The largest absolute Gasteiger partial charge is 0.508 e. The molecule has 3 aromatic rings. The van der Waals surface area contributed by atoms with Crippen LogP contribution in [0.3, 0.4) is 0 Å². The van der Waals surface area contributed by atoms with Gasteiger partial charge < -0.3 is 15.7 Å². The molecule has 0 radical (unpaired) electrons. The molecule has 0 aliphatic heterocycles. The van der Waals surface area contributed by atoms with Crippen LogP contribution in [0.15, 0.2) is 24.5 Å². The summed E-state index contributed by atoms with van der Waals surface area (Å²) in [4.78, 5) is 17.1. The highest BCUT2D eigenvalue weighted by Gasteiger charge is 2.16. The third-order valence-electron chi connectivity index (χ3n) is 4.04. The number of aromatic hydroxyl groups is 1. The summed E-state index contributed by atoms with van der Waals surface area (Å²) in [5.41, 5.74) is 2.45. The molecule has 0 fully saturated rings. The van der Waals surface area contributed by atoms with E-state index in [-0.39, 0.29) is 11.7 Å². The molecular weight excluding hydrogens is 364 g/mol. The van der Waals surface area contributed by atoms with Gasteiger partial charge in [0, 0.05) is 18.3 Å². The van der Waals surface area contributed by atoms with Gasteiger partial charge in [0.05, 0.1) is 11.9 Å². The summed E-state index contributed by atoms with van der Waals surface area (Å²) in [5.74, 6) is 0.204. The van der Waals surface area contributed by atoms with Gasteiger partial charge in [-0.1, -0.05) is 17.4 Å². The van der Waals surface area contributed by atoms with E-state index in [9.17, 15) is 15.2 Å². The van der Waals surface area contributed by atoms with Gasteiger partial charge in [-0.25, -0.2) is 4.98 Å². The van der Waals surface area contributed by atoms with Gasteiger partial charge in [-0.2, -0.15) is 10.4 Å². The number of amides is 1. The van der Waals surface area contributed by atoms with E-state index in [0.717, 1.165) is 16.9 Å². The van der Waals surface area contributed by atoms with Gasteiger partial charge in [-0.3, -0.25) is 9.48 Å². The number of phenolic OH excluding ortho intramolecular Hbond substituents is 1. The molecule has 9 heteroatoms. The van der Waals surface area contributed by atoms with Crippen molar-refractivity contribution < 1.29 is 9.90 Å². The number of nitrogens with one attached hydrogen (secondary N) is 2. The molecular formula is C18H18N6O2S. The van der Waals surface area contributed by atoms with Crippen molar-refractivity contribution in [1.29, 1.82) is 5.26 Å². The molecule has 1 aromatic carbocycles. The van der Waals surface area contributed by atoms with Gasteiger partial charge in [0.15, 0.2) is 10.9 Å². The second kappa shape index (κ2) is 7.47. The van der Waals surface area contributed by atoms with Crippen molar-refractivity contribution in [3.8, 4) is 11.8 Å². The normalized spacial score (nSPS) is 10.4. The Labute approximate surface area is 160 Å². The number of carbonyl (C=O) groups is 1. The molecule has 2 heterocycles. The number of carbonyl (C=O) groups excluding carboxylic acids is 1. The summed E-state index contributed by atoms with van der Waals surface area (Å²) >= 11 is 1.15. The Hall–Kier alpha value is -3.38. The highest BCUT2D eigenvalue weighted by atomic mass is 32.1. The lowest BCUT2D eigenvalue weighted by Crippen LogP contribution is -2.12. The summed E-state index contributed by atoms with van der Waals surface area (Å²) in [6.07, 6.45) is 3.11. The molecule has 8 nitrogen and oxygen atoms in total. The number of thiazole rings is 1. The van der Waals surface area contributed by atoms with Gasteiger partial charge in [0.2, 0.25) is 0 Å².